The highest BCUT2D eigenvalue weighted by atomic mass is 16.3. The number of furan rings is 1. The molecule has 24 heavy (non-hydrogen) atoms. The van der Waals surface area contributed by atoms with Gasteiger partial charge in [0.25, 0.3) is 0 Å². The third-order valence-corrected chi connectivity index (χ3v) is 4.34. The van der Waals surface area contributed by atoms with Gasteiger partial charge in [0.15, 0.2) is 0 Å². The molecule has 3 aromatic rings. The SMILES string of the molecule is Cc1c([C@H](NC(=O)[C@H](C)n2cncn2)C(C)C)oc2ccccc12. The second-order valence-corrected chi connectivity index (χ2v) is 6.37. The third kappa shape index (κ3) is 2.91. The van der Waals surface area contributed by atoms with Gasteiger partial charge in [0, 0.05) is 10.9 Å². The van der Waals surface area contributed by atoms with Crippen LogP contribution in [0.15, 0.2) is 41.3 Å². The lowest BCUT2D eigenvalue weighted by atomic mass is 9.98. The lowest BCUT2D eigenvalue weighted by molar-refractivity contribution is -0.125. The summed E-state index contributed by atoms with van der Waals surface area (Å²) in [5.41, 5.74) is 1.91. The maximum absolute atomic E-state index is 12.6. The van der Waals surface area contributed by atoms with Crippen molar-refractivity contribution < 1.29 is 9.21 Å². The van der Waals surface area contributed by atoms with Gasteiger partial charge in [0.05, 0.1) is 6.04 Å². The maximum atomic E-state index is 12.6. The number of amides is 1. The molecule has 0 radical (unpaired) electrons. The van der Waals surface area contributed by atoms with Crippen LogP contribution in [-0.4, -0.2) is 20.7 Å². The molecule has 0 saturated heterocycles. The minimum atomic E-state index is -0.432. The van der Waals surface area contributed by atoms with Crippen LogP contribution in [0.4, 0.5) is 0 Å². The van der Waals surface area contributed by atoms with Crippen molar-refractivity contribution in [3.63, 3.8) is 0 Å². The molecule has 2 atom stereocenters. The van der Waals surface area contributed by atoms with Gasteiger partial charge >= 0.3 is 0 Å². The van der Waals surface area contributed by atoms with Crippen molar-refractivity contribution in [2.75, 3.05) is 0 Å². The van der Waals surface area contributed by atoms with E-state index in [9.17, 15) is 4.79 Å². The van der Waals surface area contributed by atoms with Crippen molar-refractivity contribution in [1.29, 1.82) is 0 Å². The highest BCUT2D eigenvalue weighted by molar-refractivity contribution is 5.83. The van der Waals surface area contributed by atoms with Gasteiger partial charge in [-0.3, -0.25) is 4.79 Å². The van der Waals surface area contributed by atoms with Gasteiger partial charge in [-0.2, -0.15) is 5.10 Å². The first kappa shape index (κ1) is 16.2. The van der Waals surface area contributed by atoms with E-state index in [4.69, 9.17) is 4.42 Å². The minimum absolute atomic E-state index is 0.112. The number of hydrogen-bond donors (Lipinski definition) is 1. The fourth-order valence-corrected chi connectivity index (χ4v) is 2.84. The van der Waals surface area contributed by atoms with Crippen LogP contribution in [0.25, 0.3) is 11.0 Å². The first-order valence-corrected chi connectivity index (χ1v) is 8.11. The van der Waals surface area contributed by atoms with E-state index in [0.717, 1.165) is 22.3 Å². The molecule has 1 aromatic carbocycles. The molecule has 2 heterocycles. The number of benzene rings is 1. The zero-order chi connectivity index (χ0) is 17.3. The molecule has 0 aliphatic carbocycles. The Morgan fingerprint density at radius 1 is 1.25 bits per heavy atom. The first-order chi connectivity index (χ1) is 11.5. The van der Waals surface area contributed by atoms with Gasteiger partial charge < -0.3 is 9.73 Å². The number of rotatable bonds is 5. The zero-order valence-corrected chi connectivity index (χ0v) is 14.4. The van der Waals surface area contributed by atoms with Gasteiger partial charge in [0.1, 0.15) is 30.0 Å². The van der Waals surface area contributed by atoms with Crippen LogP contribution in [0.3, 0.4) is 0 Å². The van der Waals surface area contributed by atoms with Crippen LogP contribution < -0.4 is 5.32 Å². The topological polar surface area (TPSA) is 73.0 Å². The predicted octanol–water partition coefficient (Wildman–Crippen LogP) is 3.41. The van der Waals surface area contributed by atoms with E-state index in [1.54, 1.807) is 13.3 Å². The summed E-state index contributed by atoms with van der Waals surface area (Å²) in [4.78, 5) is 16.5. The van der Waals surface area contributed by atoms with Crippen LogP contribution in [0.1, 0.15) is 44.2 Å². The molecule has 6 heteroatoms. The summed E-state index contributed by atoms with van der Waals surface area (Å²) in [6, 6.07) is 7.29. The molecule has 0 fully saturated rings. The van der Waals surface area contributed by atoms with Crippen molar-refractivity contribution >= 4 is 16.9 Å². The molecule has 0 spiro atoms. The van der Waals surface area contributed by atoms with Gasteiger partial charge in [-0.25, -0.2) is 9.67 Å². The summed E-state index contributed by atoms with van der Waals surface area (Å²) in [5.74, 6) is 0.889. The summed E-state index contributed by atoms with van der Waals surface area (Å²) in [5, 5.41) is 8.22. The van der Waals surface area contributed by atoms with Crippen LogP contribution >= 0.6 is 0 Å². The van der Waals surface area contributed by atoms with Crippen LogP contribution in [0.5, 0.6) is 0 Å². The molecule has 0 unspecified atom stereocenters. The van der Waals surface area contributed by atoms with Crippen LogP contribution in [0, 0.1) is 12.8 Å². The molecule has 2 aromatic heterocycles. The second kappa shape index (κ2) is 6.47. The Kier molecular flexibility index (Phi) is 4.38. The van der Waals surface area contributed by atoms with Crippen LogP contribution in [-0.2, 0) is 4.79 Å². The van der Waals surface area contributed by atoms with E-state index >= 15 is 0 Å². The smallest absolute Gasteiger partial charge is 0.245 e. The molecular formula is C18H22N4O2. The average molecular weight is 326 g/mol. The molecule has 0 aliphatic rings. The summed E-state index contributed by atoms with van der Waals surface area (Å²) < 4.78 is 7.58. The number of fused-ring (bicyclic) bond motifs is 1. The van der Waals surface area contributed by atoms with Gasteiger partial charge in [-0.1, -0.05) is 32.0 Å². The van der Waals surface area contributed by atoms with E-state index < -0.39 is 6.04 Å². The Balaban J connectivity index is 1.89. The lowest BCUT2D eigenvalue weighted by Crippen LogP contribution is -2.36. The Morgan fingerprint density at radius 2 is 2.00 bits per heavy atom. The molecule has 1 amide bonds. The Labute approximate surface area is 140 Å². The molecule has 3 rings (SSSR count). The number of para-hydroxylation sites is 1. The minimum Gasteiger partial charge on any atom is -0.459 e. The van der Waals surface area contributed by atoms with Gasteiger partial charge in [-0.15, -0.1) is 0 Å². The summed E-state index contributed by atoms with van der Waals surface area (Å²) in [6.45, 7) is 7.96. The van der Waals surface area contributed by atoms with Crippen molar-refractivity contribution in [1.82, 2.24) is 20.1 Å². The molecule has 6 nitrogen and oxygen atoms in total. The number of nitrogens with zero attached hydrogens (tertiary/aromatic N) is 3. The number of hydrogen-bond acceptors (Lipinski definition) is 4. The van der Waals surface area contributed by atoms with Crippen molar-refractivity contribution in [3.05, 3.63) is 48.2 Å². The fourth-order valence-electron chi connectivity index (χ4n) is 2.84. The number of aryl methyl sites for hydroxylation is 1. The average Bonchev–Trinajstić information content (AvgIpc) is 3.20. The normalized spacial score (nSPS) is 14.0. The number of nitrogens with one attached hydrogen (secondary N) is 1. The summed E-state index contributed by atoms with van der Waals surface area (Å²) in [7, 11) is 0. The van der Waals surface area contributed by atoms with E-state index in [2.05, 4.69) is 29.2 Å². The molecular weight excluding hydrogens is 304 g/mol. The predicted molar refractivity (Wildman–Crippen MR) is 91.4 cm³/mol. The van der Waals surface area contributed by atoms with E-state index in [1.807, 2.05) is 31.2 Å². The molecule has 0 bridgehead atoms. The van der Waals surface area contributed by atoms with E-state index in [1.165, 1.54) is 11.0 Å². The number of carbonyl (C=O) groups is 1. The fraction of sp³-hybridized carbons (Fsp3) is 0.389. The third-order valence-electron chi connectivity index (χ3n) is 4.34. The highest BCUT2D eigenvalue weighted by Crippen LogP contribution is 2.33. The quantitative estimate of drug-likeness (QED) is 0.780. The largest absolute Gasteiger partial charge is 0.459 e. The van der Waals surface area contributed by atoms with Gasteiger partial charge in [0.2, 0.25) is 5.91 Å². The Morgan fingerprint density at radius 3 is 2.62 bits per heavy atom. The highest BCUT2D eigenvalue weighted by Gasteiger charge is 2.27. The summed E-state index contributed by atoms with van der Waals surface area (Å²) >= 11 is 0. The number of carbonyl (C=O) groups excluding carboxylic acids is 1. The van der Waals surface area contributed by atoms with Crippen molar-refractivity contribution in [3.8, 4) is 0 Å². The lowest BCUT2D eigenvalue weighted by Gasteiger charge is -2.23. The molecule has 0 aliphatic heterocycles. The maximum Gasteiger partial charge on any atom is 0.245 e. The zero-order valence-electron chi connectivity index (χ0n) is 14.4. The standard InChI is InChI=1S/C18H22N4O2/c1-11(2)16(21-18(23)13(4)22-10-19-9-20-22)17-12(3)14-7-5-6-8-15(14)24-17/h5-11,13,16H,1-4H3,(H,21,23)/t13-,16+/m0/s1. The van der Waals surface area contributed by atoms with Crippen molar-refractivity contribution in [2.45, 2.75) is 39.8 Å². The second-order valence-electron chi connectivity index (χ2n) is 6.37. The molecule has 1 N–H and O–H groups in total. The Hall–Kier alpha value is -2.63. The van der Waals surface area contributed by atoms with Crippen molar-refractivity contribution in [2.24, 2.45) is 5.92 Å². The van der Waals surface area contributed by atoms with E-state index in [-0.39, 0.29) is 17.9 Å². The Bertz CT molecular complexity index is 836. The number of aromatic nitrogens is 3. The van der Waals surface area contributed by atoms with Crippen LogP contribution in [0.2, 0.25) is 0 Å². The summed E-state index contributed by atoms with van der Waals surface area (Å²) in [6.07, 6.45) is 2.97. The monoisotopic (exact) mass is 326 g/mol. The molecule has 0 saturated carbocycles. The molecule has 126 valence electrons. The van der Waals surface area contributed by atoms with E-state index in [0.29, 0.717) is 0 Å². The van der Waals surface area contributed by atoms with Gasteiger partial charge in [-0.05, 0) is 25.8 Å². The first-order valence-electron chi connectivity index (χ1n) is 8.11.